The third kappa shape index (κ3) is 3.37. The van der Waals surface area contributed by atoms with E-state index >= 15 is 0 Å². The van der Waals surface area contributed by atoms with Gasteiger partial charge in [0.1, 0.15) is 0 Å². The molecule has 1 fully saturated rings. The van der Waals surface area contributed by atoms with Gasteiger partial charge in [0.25, 0.3) is 0 Å². The third-order valence-corrected chi connectivity index (χ3v) is 4.98. The van der Waals surface area contributed by atoms with Crippen LogP contribution < -0.4 is 0 Å². The second-order valence-corrected chi connectivity index (χ2v) is 7.00. The SMILES string of the molecule is Cc1cccc(CN2CCCCC2c2[nH]ncc2-c2cc(C)no2)c1. The lowest BCUT2D eigenvalue weighted by Crippen LogP contribution is -2.33. The quantitative estimate of drug-likeness (QED) is 0.767. The van der Waals surface area contributed by atoms with Crippen LogP contribution in [0.5, 0.6) is 0 Å². The molecule has 1 atom stereocenters. The summed E-state index contributed by atoms with van der Waals surface area (Å²) >= 11 is 0. The minimum Gasteiger partial charge on any atom is -0.356 e. The van der Waals surface area contributed by atoms with E-state index in [1.54, 1.807) is 0 Å². The van der Waals surface area contributed by atoms with E-state index < -0.39 is 0 Å². The molecule has 3 aromatic rings. The molecule has 0 bridgehead atoms. The van der Waals surface area contributed by atoms with Crippen LogP contribution in [0.15, 0.2) is 41.1 Å². The molecule has 1 aromatic carbocycles. The van der Waals surface area contributed by atoms with Crippen molar-refractivity contribution in [2.24, 2.45) is 0 Å². The van der Waals surface area contributed by atoms with Crippen LogP contribution in [0.1, 0.15) is 47.8 Å². The molecule has 0 aliphatic carbocycles. The number of nitrogens with one attached hydrogen (secondary N) is 1. The third-order valence-electron chi connectivity index (χ3n) is 4.98. The van der Waals surface area contributed by atoms with E-state index in [9.17, 15) is 0 Å². The Balaban J connectivity index is 1.63. The Labute approximate surface area is 148 Å². The Hall–Kier alpha value is -2.40. The highest BCUT2D eigenvalue weighted by atomic mass is 16.5. The maximum absolute atomic E-state index is 5.48. The summed E-state index contributed by atoms with van der Waals surface area (Å²) in [5, 5.41) is 11.6. The number of benzene rings is 1. The molecule has 3 heterocycles. The summed E-state index contributed by atoms with van der Waals surface area (Å²) < 4.78 is 5.48. The number of piperidine rings is 1. The van der Waals surface area contributed by atoms with Crippen molar-refractivity contribution >= 4 is 0 Å². The topological polar surface area (TPSA) is 58.0 Å². The first-order valence-corrected chi connectivity index (χ1v) is 8.97. The number of aromatic nitrogens is 3. The zero-order valence-electron chi connectivity index (χ0n) is 14.8. The highest BCUT2D eigenvalue weighted by Gasteiger charge is 2.28. The lowest BCUT2D eigenvalue weighted by molar-refractivity contribution is 0.137. The molecule has 0 radical (unpaired) electrons. The maximum atomic E-state index is 5.48. The van der Waals surface area contributed by atoms with Crippen molar-refractivity contribution in [1.29, 1.82) is 0 Å². The first-order valence-electron chi connectivity index (χ1n) is 8.97. The molecular weight excluding hydrogens is 312 g/mol. The summed E-state index contributed by atoms with van der Waals surface area (Å²) in [7, 11) is 0. The lowest BCUT2D eigenvalue weighted by Gasteiger charge is -2.35. The van der Waals surface area contributed by atoms with Crippen LogP contribution in [0.4, 0.5) is 0 Å². The summed E-state index contributed by atoms with van der Waals surface area (Å²) in [4.78, 5) is 2.55. The van der Waals surface area contributed by atoms with Crippen molar-refractivity contribution < 1.29 is 4.52 Å². The minimum atomic E-state index is 0.331. The average Bonchev–Trinajstić information content (AvgIpc) is 3.24. The van der Waals surface area contributed by atoms with Gasteiger partial charge in [0.15, 0.2) is 5.76 Å². The largest absolute Gasteiger partial charge is 0.356 e. The molecule has 25 heavy (non-hydrogen) atoms. The number of hydrogen-bond acceptors (Lipinski definition) is 4. The maximum Gasteiger partial charge on any atom is 0.170 e. The second-order valence-electron chi connectivity index (χ2n) is 7.00. The van der Waals surface area contributed by atoms with Crippen LogP contribution in [-0.4, -0.2) is 26.8 Å². The Bertz CT molecular complexity index is 851. The van der Waals surface area contributed by atoms with Gasteiger partial charge in [-0.2, -0.15) is 5.10 Å². The minimum absolute atomic E-state index is 0.331. The van der Waals surface area contributed by atoms with Crippen LogP contribution in [0.2, 0.25) is 0 Å². The van der Waals surface area contributed by atoms with Gasteiger partial charge in [-0.15, -0.1) is 0 Å². The van der Waals surface area contributed by atoms with Crippen molar-refractivity contribution in [3.8, 4) is 11.3 Å². The smallest absolute Gasteiger partial charge is 0.170 e. The molecule has 5 heteroatoms. The zero-order chi connectivity index (χ0) is 17.2. The van der Waals surface area contributed by atoms with Crippen LogP contribution in [0.3, 0.4) is 0 Å². The summed E-state index contributed by atoms with van der Waals surface area (Å²) in [5.41, 5.74) is 5.74. The van der Waals surface area contributed by atoms with Crippen LogP contribution in [-0.2, 0) is 6.54 Å². The van der Waals surface area contributed by atoms with E-state index in [-0.39, 0.29) is 0 Å². The highest BCUT2D eigenvalue weighted by Crippen LogP contribution is 2.36. The van der Waals surface area contributed by atoms with Crippen molar-refractivity contribution in [2.45, 2.75) is 45.7 Å². The zero-order valence-corrected chi connectivity index (χ0v) is 14.8. The summed E-state index contributed by atoms with van der Waals surface area (Å²) in [6, 6.07) is 11.1. The first kappa shape index (κ1) is 16.1. The molecule has 0 spiro atoms. The highest BCUT2D eigenvalue weighted by molar-refractivity contribution is 5.60. The number of likely N-dealkylation sites (tertiary alicyclic amines) is 1. The van der Waals surface area contributed by atoms with Crippen LogP contribution in [0.25, 0.3) is 11.3 Å². The van der Waals surface area contributed by atoms with Gasteiger partial charge < -0.3 is 4.52 Å². The number of H-pyrrole nitrogens is 1. The molecule has 130 valence electrons. The normalized spacial score (nSPS) is 18.6. The fourth-order valence-corrected chi connectivity index (χ4v) is 3.79. The van der Waals surface area contributed by atoms with Gasteiger partial charge in [0.05, 0.1) is 29.2 Å². The van der Waals surface area contributed by atoms with Gasteiger partial charge in [-0.1, -0.05) is 41.4 Å². The van der Waals surface area contributed by atoms with E-state index in [1.807, 2.05) is 19.2 Å². The molecule has 0 saturated carbocycles. The molecule has 0 amide bonds. The fourth-order valence-electron chi connectivity index (χ4n) is 3.79. The summed E-state index contributed by atoms with van der Waals surface area (Å²) in [5.74, 6) is 0.794. The van der Waals surface area contributed by atoms with Gasteiger partial charge in [-0.05, 0) is 38.8 Å². The molecule has 4 rings (SSSR count). The predicted molar refractivity (Wildman–Crippen MR) is 97.0 cm³/mol. The number of aryl methyl sites for hydroxylation is 2. The molecule has 1 N–H and O–H groups in total. The molecule has 1 saturated heterocycles. The monoisotopic (exact) mass is 336 g/mol. The predicted octanol–water partition coefficient (Wildman–Crippen LogP) is 4.41. The van der Waals surface area contributed by atoms with Crippen LogP contribution >= 0.6 is 0 Å². The van der Waals surface area contributed by atoms with Crippen molar-refractivity contribution in [3.63, 3.8) is 0 Å². The standard InChI is InChI=1S/C20H24N4O/c1-14-6-5-7-16(10-14)13-24-9-4-3-8-18(24)20-17(12-21-22-20)19-11-15(2)23-25-19/h5-7,10-12,18H,3-4,8-9,13H2,1-2H3,(H,21,22). The first-order chi connectivity index (χ1) is 12.2. The van der Waals surface area contributed by atoms with Gasteiger partial charge in [-0.25, -0.2) is 0 Å². The Morgan fingerprint density at radius 1 is 1.24 bits per heavy atom. The molecule has 5 nitrogen and oxygen atoms in total. The van der Waals surface area contributed by atoms with Gasteiger partial charge in [-0.3, -0.25) is 10.00 Å². The number of hydrogen-bond donors (Lipinski definition) is 1. The molecule has 1 aliphatic heterocycles. The number of aromatic amines is 1. The molecule has 2 aromatic heterocycles. The van der Waals surface area contributed by atoms with E-state index in [1.165, 1.54) is 24.0 Å². The van der Waals surface area contributed by atoms with E-state index in [4.69, 9.17) is 4.52 Å². The second kappa shape index (κ2) is 6.84. The Morgan fingerprint density at radius 3 is 2.96 bits per heavy atom. The fraction of sp³-hybridized carbons (Fsp3) is 0.400. The Kier molecular flexibility index (Phi) is 4.40. The van der Waals surface area contributed by atoms with Crippen molar-refractivity contribution in [1.82, 2.24) is 20.3 Å². The van der Waals surface area contributed by atoms with Gasteiger partial charge in [0, 0.05) is 12.6 Å². The van der Waals surface area contributed by atoms with Crippen molar-refractivity contribution in [3.05, 3.63) is 59.0 Å². The van der Waals surface area contributed by atoms with E-state index in [2.05, 4.69) is 51.4 Å². The van der Waals surface area contributed by atoms with E-state index in [0.29, 0.717) is 6.04 Å². The average molecular weight is 336 g/mol. The molecule has 1 unspecified atom stereocenters. The van der Waals surface area contributed by atoms with Gasteiger partial charge >= 0.3 is 0 Å². The number of nitrogens with zero attached hydrogens (tertiary/aromatic N) is 3. The Morgan fingerprint density at radius 2 is 2.16 bits per heavy atom. The van der Waals surface area contributed by atoms with E-state index in [0.717, 1.165) is 42.2 Å². The van der Waals surface area contributed by atoms with Gasteiger partial charge in [0.2, 0.25) is 0 Å². The lowest BCUT2D eigenvalue weighted by atomic mass is 9.95. The number of rotatable bonds is 4. The molecular formula is C20H24N4O. The van der Waals surface area contributed by atoms with Crippen LogP contribution in [0, 0.1) is 13.8 Å². The summed E-state index contributed by atoms with van der Waals surface area (Å²) in [6.45, 7) is 6.15. The summed E-state index contributed by atoms with van der Waals surface area (Å²) in [6.07, 6.45) is 5.47. The molecule has 1 aliphatic rings. The van der Waals surface area contributed by atoms with Crippen molar-refractivity contribution in [2.75, 3.05) is 6.54 Å².